The SMILES string of the molecule is O=C(CCCN1C(=O)c2ccccc2C1=O)Nc1ccc(SC2CCCC2)cc1. The summed E-state index contributed by atoms with van der Waals surface area (Å²) in [6.07, 6.45) is 5.92. The number of carbonyl (C=O) groups is 3. The summed E-state index contributed by atoms with van der Waals surface area (Å²) < 4.78 is 0. The molecule has 0 spiro atoms. The molecule has 2 aromatic rings. The second-order valence-electron chi connectivity index (χ2n) is 7.51. The number of hydrogen-bond donors (Lipinski definition) is 1. The highest BCUT2D eigenvalue weighted by Crippen LogP contribution is 2.35. The zero-order valence-electron chi connectivity index (χ0n) is 16.2. The lowest BCUT2D eigenvalue weighted by Crippen LogP contribution is -2.31. The van der Waals surface area contributed by atoms with Gasteiger partial charge in [-0.25, -0.2) is 0 Å². The molecule has 4 rings (SSSR count). The van der Waals surface area contributed by atoms with Gasteiger partial charge in [0.05, 0.1) is 11.1 Å². The summed E-state index contributed by atoms with van der Waals surface area (Å²) in [4.78, 5) is 39.4. The molecule has 5 nitrogen and oxygen atoms in total. The molecule has 2 aromatic carbocycles. The van der Waals surface area contributed by atoms with E-state index < -0.39 is 0 Å². The third kappa shape index (κ3) is 4.53. The van der Waals surface area contributed by atoms with Crippen LogP contribution in [0.4, 0.5) is 5.69 Å². The quantitative estimate of drug-likeness (QED) is 0.672. The predicted octanol–water partition coefficient (Wildman–Crippen LogP) is 4.74. The van der Waals surface area contributed by atoms with Crippen LogP contribution in [0.5, 0.6) is 0 Å². The Kier molecular flexibility index (Phi) is 6.00. The van der Waals surface area contributed by atoms with Crippen LogP contribution in [0.1, 0.15) is 59.2 Å². The van der Waals surface area contributed by atoms with Gasteiger partial charge in [0.25, 0.3) is 11.8 Å². The molecule has 0 aromatic heterocycles. The average Bonchev–Trinajstić information content (AvgIpc) is 3.32. The van der Waals surface area contributed by atoms with Gasteiger partial charge in [0, 0.05) is 28.8 Å². The third-order valence-corrected chi connectivity index (χ3v) is 6.76. The van der Waals surface area contributed by atoms with Crippen molar-refractivity contribution in [2.45, 2.75) is 48.7 Å². The van der Waals surface area contributed by atoms with Gasteiger partial charge in [-0.05, 0) is 55.7 Å². The van der Waals surface area contributed by atoms with Crippen LogP contribution in [0.25, 0.3) is 0 Å². The standard InChI is InChI=1S/C23H24N2O3S/c26-21(24-16-11-13-18(14-12-16)29-17-6-1-2-7-17)10-5-15-25-22(27)19-8-3-4-9-20(19)23(25)28/h3-4,8-9,11-14,17H,1-2,5-7,10,15H2,(H,24,26). The lowest BCUT2D eigenvalue weighted by molar-refractivity contribution is -0.116. The molecule has 1 saturated carbocycles. The number of thioether (sulfide) groups is 1. The van der Waals surface area contributed by atoms with Crippen molar-refractivity contribution in [3.8, 4) is 0 Å². The number of imide groups is 1. The first kappa shape index (κ1) is 19.7. The van der Waals surface area contributed by atoms with E-state index >= 15 is 0 Å². The van der Waals surface area contributed by atoms with E-state index in [4.69, 9.17) is 0 Å². The highest BCUT2D eigenvalue weighted by molar-refractivity contribution is 8.00. The zero-order chi connectivity index (χ0) is 20.2. The topological polar surface area (TPSA) is 66.5 Å². The van der Waals surface area contributed by atoms with E-state index in [1.54, 1.807) is 24.3 Å². The second kappa shape index (κ2) is 8.82. The number of benzene rings is 2. The molecule has 0 radical (unpaired) electrons. The predicted molar refractivity (Wildman–Crippen MR) is 114 cm³/mol. The van der Waals surface area contributed by atoms with E-state index in [2.05, 4.69) is 17.4 Å². The molecule has 1 aliphatic carbocycles. The number of carbonyl (C=O) groups excluding carboxylic acids is 3. The molecule has 29 heavy (non-hydrogen) atoms. The number of hydrogen-bond acceptors (Lipinski definition) is 4. The minimum atomic E-state index is -0.277. The highest BCUT2D eigenvalue weighted by atomic mass is 32.2. The van der Waals surface area contributed by atoms with Gasteiger partial charge < -0.3 is 5.32 Å². The Bertz CT molecular complexity index is 885. The number of anilines is 1. The molecule has 2 aliphatic rings. The van der Waals surface area contributed by atoms with Crippen molar-refractivity contribution < 1.29 is 14.4 Å². The Morgan fingerprint density at radius 2 is 1.59 bits per heavy atom. The van der Waals surface area contributed by atoms with Crippen LogP contribution in [0, 0.1) is 0 Å². The van der Waals surface area contributed by atoms with Gasteiger partial charge in [0.2, 0.25) is 5.91 Å². The number of amides is 3. The minimum Gasteiger partial charge on any atom is -0.326 e. The molecule has 150 valence electrons. The van der Waals surface area contributed by atoms with Crippen LogP contribution in [0.2, 0.25) is 0 Å². The van der Waals surface area contributed by atoms with Crippen LogP contribution in [0.3, 0.4) is 0 Å². The molecule has 1 heterocycles. The number of nitrogens with zero attached hydrogens (tertiary/aromatic N) is 1. The van der Waals surface area contributed by atoms with Gasteiger partial charge in [-0.3, -0.25) is 19.3 Å². The van der Waals surface area contributed by atoms with Crippen LogP contribution in [-0.2, 0) is 4.79 Å². The molecule has 0 saturated heterocycles. The van der Waals surface area contributed by atoms with Gasteiger partial charge in [0.1, 0.15) is 0 Å². The Morgan fingerprint density at radius 1 is 0.966 bits per heavy atom. The molecular formula is C23H24N2O3S. The van der Waals surface area contributed by atoms with Crippen molar-refractivity contribution >= 4 is 35.2 Å². The molecule has 3 amide bonds. The first-order valence-corrected chi connectivity index (χ1v) is 11.0. The summed E-state index contributed by atoms with van der Waals surface area (Å²) in [7, 11) is 0. The van der Waals surface area contributed by atoms with Gasteiger partial charge in [-0.2, -0.15) is 0 Å². The van der Waals surface area contributed by atoms with E-state index in [1.165, 1.54) is 35.5 Å². The van der Waals surface area contributed by atoms with Crippen LogP contribution in [0.15, 0.2) is 53.4 Å². The highest BCUT2D eigenvalue weighted by Gasteiger charge is 2.34. The summed E-state index contributed by atoms with van der Waals surface area (Å²) in [6.45, 7) is 0.247. The molecule has 0 bridgehead atoms. The summed E-state index contributed by atoms with van der Waals surface area (Å²) in [6, 6.07) is 14.8. The van der Waals surface area contributed by atoms with E-state index in [9.17, 15) is 14.4 Å². The molecule has 1 fully saturated rings. The lowest BCUT2D eigenvalue weighted by atomic mass is 10.1. The Labute approximate surface area is 174 Å². The van der Waals surface area contributed by atoms with Crippen molar-refractivity contribution in [1.29, 1.82) is 0 Å². The summed E-state index contributed by atoms with van der Waals surface area (Å²) in [5.41, 5.74) is 1.65. The maximum Gasteiger partial charge on any atom is 0.261 e. The van der Waals surface area contributed by atoms with E-state index in [1.807, 2.05) is 23.9 Å². The van der Waals surface area contributed by atoms with Crippen LogP contribution >= 0.6 is 11.8 Å². The number of fused-ring (bicyclic) bond motifs is 1. The van der Waals surface area contributed by atoms with E-state index in [0.29, 0.717) is 17.5 Å². The maximum atomic E-state index is 12.3. The van der Waals surface area contributed by atoms with E-state index in [-0.39, 0.29) is 30.7 Å². The smallest absolute Gasteiger partial charge is 0.261 e. The van der Waals surface area contributed by atoms with Crippen molar-refractivity contribution in [3.05, 3.63) is 59.7 Å². The largest absolute Gasteiger partial charge is 0.326 e. The van der Waals surface area contributed by atoms with Gasteiger partial charge in [-0.15, -0.1) is 11.8 Å². The minimum absolute atomic E-state index is 0.113. The summed E-state index contributed by atoms with van der Waals surface area (Å²) >= 11 is 1.92. The Hall–Kier alpha value is -2.60. The fourth-order valence-corrected chi connectivity index (χ4v) is 5.13. The Balaban J connectivity index is 1.23. The fourth-order valence-electron chi connectivity index (χ4n) is 3.88. The molecular weight excluding hydrogens is 384 g/mol. The van der Waals surface area contributed by atoms with Gasteiger partial charge >= 0.3 is 0 Å². The lowest BCUT2D eigenvalue weighted by Gasteiger charge is -2.13. The van der Waals surface area contributed by atoms with Crippen LogP contribution < -0.4 is 5.32 Å². The summed E-state index contributed by atoms with van der Waals surface area (Å²) in [5, 5.41) is 3.61. The zero-order valence-corrected chi connectivity index (χ0v) is 17.0. The van der Waals surface area contributed by atoms with Crippen molar-refractivity contribution in [2.24, 2.45) is 0 Å². The molecule has 0 unspecified atom stereocenters. The van der Waals surface area contributed by atoms with Crippen molar-refractivity contribution in [2.75, 3.05) is 11.9 Å². The third-order valence-electron chi connectivity index (χ3n) is 5.41. The monoisotopic (exact) mass is 408 g/mol. The number of nitrogens with one attached hydrogen (secondary N) is 1. The maximum absolute atomic E-state index is 12.3. The van der Waals surface area contributed by atoms with Gasteiger partial charge in [0.15, 0.2) is 0 Å². The molecule has 1 aliphatic heterocycles. The normalized spacial score (nSPS) is 16.3. The van der Waals surface area contributed by atoms with Crippen LogP contribution in [-0.4, -0.2) is 34.4 Å². The average molecular weight is 409 g/mol. The van der Waals surface area contributed by atoms with Gasteiger partial charge in [-0.1, -0.05) is 25.0 Å². The Morgan fingerprint density at radius 3 is 2.21 bits per heavy atom. The second-order valence-corrected chi connectivity index (χ2v) is 8.88. The first-order chi connectivity index (χ1) is 14.1. The summed E-state index contributed by atoms with van der Waals surface area (Å²) in [5.74, 6) is -0.666. The molecule has 6 heteroatoms. The first-order valence-electron chi connectivity index (χ1n) is 10.1. The van der Waals surface area contributed by atoms with Crippen molar-refractivity contribution in [1.82, 2.24) is 4.90 Å². The van der Waals surface area contributed by atoms with Crippen molar-refractivity contribution in [3.63, 3.8) is 0 Å². The van der Waals surface area contributed by atoms with E-state index in [0.717, 1.165) is 10.9 Å². The number of rotatable bonds is 7. The molecule has 0 atom stereocenters. The molecule has 1 N–H and O–H groups in total. The fraction of sp³-hybridized carbons (Fsp3) is 0.348.